The van der Waals surface area contributed by atoms with Crippen LogP contribution >= 0.6 is 0 Å². The van der Waals surface area contributed by atoms with Gasteiger partial charge in [-0.2, -0.15) is 13.2 Å². The molecule has 0 bridgehead atoms. The van der Waals surface area contributed by atoms with Gasteiger partial charge in [-0.1, -0.05) is 0 Å². The lowest BCUT2D eigenvalue weighted by molar-refractivity contribution is -0.112. The predicted molar refractivity (Wildman–Crippen MR) is 64.2 cm³/mol. The Kier molecular flexibility index (Phi) is 3.89. The largest absolute Gasteiger partial charge is 0.484 e. The molecule has 8 heteroatoms. The number of alkyl halides is 5. The van der Waals surface area contributed by atoms with E-state index in [0.717, 1.165) is 0 Å². The summed E-state index contributed by atoms with van der Waals surface area (Å²) in [7, 11) is 0. The van der Waals surface area contributed by atoms with Crippen molar-refractivity contribution in [3.8, 4) is 5.75 Å². The monoisotopic (exact) mass is 307 g/mol. The van der Waals surface area contributed by atoms with E-state index in [1.54, 1.807) is 0 Å². The van der Waals surface area contributed by atoms with E-state index in [0.29, 0.717) is 6.08 Å². The van der Waals surface area contributed by atoms with Crippen molar-refractivity contribution in [2.24, 2.45) is 0 Å². The maximum absolute atomic E-state index is 12.6. The molecule has 0 aliphatic heterocycles. The van der Waals surface area contributed by atoms with Crippen LogP contribution in [0, 0.1) is 0 Å². The molecule has 0 saturated heterocycles. The van der Waals surface area contributed by atoms with Crippen molar-refractivity contribution < 1.29 is 31.5 Å². The highest BCUT2D eigenvalue weighted by molar-refractivity contribution is 5.99. The molecule has 0 spiro atoms. The summed E-state index contributed by atoms with van der Waals surface area (Å²) in [6, 6.07) is 5.37. The summed E-state index contributed by atoms with van der Waals surface area (Å²) in [6.07, 6.45) is -5.88. The Morgan fingerprint density at radius 3 is 2.33 bits per heavy atom. The van der Waals surface area contributed by atoms with Gasteiger partial charge in [0.2, 0.25) is 5.91 Å². The van der Waals surface area contributed by atoms with Gasteiger partial charge in [-0.15, -0.1) is 0 Å². The summed E-state index contributed by atoms with van der Waals surface area (Å²) in [5, 5.41) is 2.20. The first-order valence-electron chi connectivity index (χ1n) is 5.87. The zero-order chi connectivity index (χ0) is 15.7. The Morgan fingerprint density at radius 1 is 1.29 bits per heavy atom. The van der Waals surface area contributed by atoms with E-state index < -0.39 is 24.1 Å². The van der Waals surface area contributed by atoms with Crippen LogP contribution in [0.25, 0.3) is 0 Å². The van der Waals surface area contributed by atoms with E-state index in [2.05, 4.69) is 5.32 Å². The third-order valence-electron chi connectivity index (χ3n) is 2.59. The molecule has 1 aliphatic rings. The number of allylic oxidation sites excluding steroid dienone is 1. The van der Waals surface area contributed by atoms with Crippen LogP contribution in [0.15, 0.2) is 36.4 Å². The number of hydrogen-bond donors (Lipinski definition) is 1. The fourth-order valence-corrected chi connectivity index (χ4v) is 1.45. The maximum Gasteiger partial charge on any atom is 0.409 e. The van der Waals surface area contributed by atoms with Gasteiger partial charge < -0.3 is 10.1 Å². The lowest BCUT2D eigenvalue weighted by Gasteiger charge is -2.07. The molecule has 0 radical (unpaired) electrons. The van der Waals surface area contributed by atoms with Gasteiger partial charge in [0.15, 0.2) is 6.10 Å². The molecule has 21 heavy (non-hydrogen) atoms. The summed E-state index contributed by atoms with van der Waals surface area (Å²) in [5.74, 6) is -3.56. The highest BCUT2D eigenvalue weighted by atomic mass is 19.4. The fraction of sp³-hybridized carbons (Fsp3) is 0.308. The Morgan fingerprint density at radius 2 is 1.86 bits per heavy atom. The Balaban J connectivity index is 1.88. The number of carbonyl (C=O) groups is 1. The van der Waals surface area contributed by atoms with Crippen molar-refractivity contribution in [2.75, 3.05) is 5.32 Å². The highest BCUT2D eigenvalue weighted by Gasteiger charge is 2.59. The Labute approximate surface area is 116 Å². The minimum absolute atomic E-state index is 0.186. The molecule has 114 valence electrons. The molecule has 1 amide bonds. The second-order valence-corrected chi connectivity index (χ2v) is 4.46. The van der Waals surface area contributed by atoms with Gasteiger partial charge in [-0.05, 0) is 24.3 Å². The van der Waals surface area contributed by atoms with Crippen LogP contribution in [0.4, 0.5) is 27.6 Å². The van der Waals surface area contributed by atoms with Crippen LogP contribution in [0.2, 0.25) is 0 Å². The van der Waals surface area contributed by atoms with Crippen LogP contribution < -0.4 is 10.1 Å². The minimum atomic E-state index is -4.56. The molecule has 1 fully saturated rings. The molecule has 0 aromatic heterocycles. The van der Waals surface area contributed by atoms with Gasteiger partial charge >= 0.3 is 6.18 Å². The molecule has 2 rings (SSSR count). The van der Waals surface area contributed by atoms with Crippen molar-refractivity contribution in [1.82, 2.24) is 0 Å². The van der Waals surface area contributed by atoms with E-state index in [1.807, 2.05) is 0 Å². The Bertz CT molecular complexity index is 551. The Hall–Kier alpha value is -2.12. The second-order valence-electron chi connectivity index (χ2n) is 4.46. The molecule has 1 unspecified atom stereocenters. The topological polar surface area (TPSA) is 38.3 Å². The molecule has 1 N–H and O–H groups in total. The maximum atomic E-state index is 12.6. The number of amides is 1. The average molecular weight is 307 g/mol. The van der Waals surface area contributed by atoms with E-state index in [9.17, 15) is 26.7 Å². The van der Waals surface area contributed by atoms with Crippen molar-refractivity contribution in [3.05, 3.63) is 36.4 Å². The zero-order valence-electron chi connectivity index (χ0n) is 10.5. The summed E-state index contributed by atoms with van der Waals surface area (Å²) in [4.78, 5) is 11.2. The molecule has 1 aromatic rings. The number of benzene rings is 1. The van der Waals surface area contributed by atoms with E-state index in [-0.39, 0.29) is 23.9 Å². The summed E-state index contributed by atoms with van der Waals surface area (Å²) < 4.78 is 65.8. The molecular weight excluding hydrogens is 297 g/mol. The van der Waals surface area contributed by atoms with Crippen LogP contribution in [-0.2, 0) is 4.79 Å². The molecule has 3 nitrogen and oxygen atoms in total. The summed E-state index contributed by atoms with van der Waals surface area (Å²) >= 11 is 0. The zero-order valence-corrected chi connectivity index (χ0v) is 10.5. The first-order chi connectivity index (χ1) is 9.66. The van der Waals surface area contributed by atoms with Gasteiger partial charge in [0, 0.05) is 17.8 Å². The van der Waals surface area contributed by atoms with Crippen LogP contribution in [0.3, 0.4) is 0 Å². The van der Waals surface area contributed by atoms with Gasteiger partial charge in [0.05, 0.1) is 6.42 Å². The number of nitrogens with one attached hydrogen (secondary N) is 1. The standard InChI is InChI=1S/C13H10F5NO2/c14-12(15)7-10(12)21-9-3-1-8(2-4-9)19-11(20)5-6-13(16,17)18/h1-6,10H,7H2,(H,19,20)/b6-5+. The van der Waals surface area contributed by atoms with Crippen LogP contribution in [-0.4, -0.2) is 24.1 Å². The molecule has 1 aliphatic carbocycles. The van der Waals surface area contributed by atoms with Crippen molar-refractivity contribution in [3.63, 3.8) is 0 Å². The summed E-state index contributed by atoms with van der Waals surface area (Å²) in [5.41, 5.74) is 0.224. The lowest BCUT2D eigenvalue weighted by Crippen LogP contribution is -2.11. The average Bonchev–Trinajstić information content (AvgIpc) is 2.96. The molecule has 1 saturated carbocycles. The smallest absolute Gasteiger partial charge is 0.409 e. The van der Waals surface area contributed by atoms with E-state index in [4.69, 9.17) is 4.74 Å². The molecular formula is C13H10F5NO2. The van der Waals surface area contributed by atoms with Gasteiger partial charge in [0.25, 0.3) is 5.92 Å². The van der Waals surface area contributed by atoms with Crippen LogP contribution in [0.5, 0.6) is 5.75 Å². The lowest BCUT2D eigenvalue weighted by atomic mass is 10.3. The van der Waals surface area contributed by atoms with E-state index >= 15 is 0 Å². The number of anilines is 1. The predicted octanol–water partition coefficient (Wildman–Crippen LogP) is 3.53. The van der Waals surface area contributed by atoms with Gasteiger partial charge in [-0.25, -0.2) is 8.78 Å². The first kappa shape index (κ1) is 15.3. The van der Waals surface area contributed by atoms with Crippen molar-refractivity contribution in [1.29, 1.82) is 0 Å². The third kappa shape index (κ3) is 4.73. The number of halogens is 5. The van der Waals surface area contributed by atoms with Crippen LogP contribution in [0.1, 0.15) is 6.42 Å². The number of rotatable bonds is 4. The molecule has 1 atom stereocenters. The second kappa shape index (κ2) is 5.34. The SMILES string of the molecule is O=C(/C=C/C(F)(F)F)Nc1ccc(OC2CC2(F)F)cc1. The normalized spacial score (nSPS) is 20.3. The minimum Gasteiger partial charge on any atom is -0.484 e. The fourth-order valence-electron chi connectivity index (χ4n) is 1.45. The first-order valence-corrected chi connectivity index (χ1v) is 5.87. The number of carbonyl (C=O) groups excluding carboxylic acids is 1. The molecule has 1 aromatic carbocycles. The van der Waals surface area contributed by atoms with Crippen molar-refractivity contribution >= 4 is 11.6 Å². The molecule has 0 heterocycles. The summed E-state index contributed by atoms with van der Waals surface area (Å²) in [6.45, 7) is 0. The van der Waals surface area contributed by atoms with Crippen molar-refractivity contribution in [2.45, 2.75) is 24.6 Å². The third-order valence-corrected chi connectivity index (χ3v) is 2.59. The quantitative estimate of drug-likeness (QED) is 0.682. The highest BCUT2D eigenvalue weighted by Crippen LogP contribution is 2.44. The van der Waals surface area contributed by atoms with Gasteiger partial charge in [-0.3, -0.25) is 4.79 Å². The number of hydrogen-bond acceptors (Lipinski definition) is 2. The van der Waals surface area contributed by atoms with Gasteiger partial charge in [0.1, 0.15) is 5.75 Å². The number of ether oxygens (including phenoxy) is 1. The van der Waals surface area contributed by atoms with E-state index in [1.165, 1.54) is 24.3 Å².